The van der Waals surface area contributed by atoms with Crippen LogP contribution in [0.5, 0.6) is 0 Å². The summed E-state index contributed by atoms with van der Waals surface area (Å²) in [6, 6.07) is 7.09. The summed E-state index contributed by atoms with van der Waals surface area (Å²) in [6.07, 6.45) is 0. The molecular formula is C28H43N5O4. The lowest BCUT2D eigenvalue weighted by molar-refractivity contribution is -0.139. The van der Waals surface area contributed by atoms with Crippen LogP contribution in [0.4, 0.5) is 9.59 Å². The maximum absolute atomic E-state index is 13.2. The van der Waals surface area contributed by atoms with E-state index < -0.39 is 12.0 Å². The predicted octanol–water partition coefficient (Wildman–Crippen LogP) is 3.62. The van der Waals surface area contributed by atoms with Crippen LogP contribution in [0, 0.1) is 0 Å². The van der Waals surface area contributed by atoms with Crippen LogP contribution in [0.1, 0.15) is 65.6 Å². The van der Waals surface area contributed by atoms with Gasteiger partial charge >= 0.3 is 18.0 Å². The van der Waals surface area contributed by atoms with E-state index in [1.165, 1.54) is 10.5 Å². The summed E-state index contributed by atoms with van der Waals surface area (Å²) in [5.74, 6) is -0.433. The van der Waals surface area contributed by atoms with Crippen LogP contribution in [0.2, 0.25) is 0 Å². The molecule has 4 amide bonds. The van der Waals surface area contributed by atoms with Crippen molar-refractivity contribution in [3.8, 4) is 0 Å². The molecule has 1 atom stereocenters. The third-order valence-corrected chi connectivity index (χ3v) is 6.70. The Hall–Kier alpha value is -3.07. The maximum atomic E-state index is 13.2. The smallest absolute Gasteiger partial charge is 0.338 e. The Morgan fingerprint density at radius 1 is 1.03 bits per heavy atom. The number of rotatable bonds is 5. The highest BCUT2D eigenvalue weighted by atomic mass is 16.5. The molecule has 2 aliphatic rings. The number of carbonyl (C=O) groups is 3. The van der Waals surface area contributed by atoms with Crippen LogP contribution in [0.15, 0.2) is 35.5 Å². The minimum absolute atomic E-state index is 0.00847. The molecule has 1 saturated heterocycles. The first-order valence-electron chi connectivity index (χ1n) is 13.1. The first kappa shape index (κ1) is 28.5. The third-order valence-electron chi connectivity index (χ3n) is 6.70. The van der Waals surface area contributed by atoms with Gasteiger partial charge in [0.1, 0.15) is 0 Å². The number of likely N-dealkylation sites (N-methyl/N-ethyl adjacent to an activating group) is 1. The number of hydrogen-bond acceptors (Lipinski definition) is 5. The van der Waals surface area contributed by atoms with Crippen LogP contribution in [0.25, 0.3) is 0 Å². The van der Waals surface area contributed by atoms with E-state index in [9.17, 15) is 14.4 Å². The first-order valence-corrected chi connectivity index (χ1v) is 13.1. The fraction of sp³-hybridized carbons (Fsp3) is 0.607. The zero-order valence-corrected chi connectivity index (χ0v) is 23.6. The summed E-state index contributed by atoms with van der Waals surface area (Å²) in [7, 11) is 1.68. The normalized spacial score (nSPS) is 19.6. The van der Waals surface area contributed by atoms with Gasteiger partial charge in [-0.05, 0) is 44.2 Å². The molecule has 0 bridgehead atoms. The van der Waals surface area contributed by atoms with Crippen LogP contribution >= 0.6 is 0 Å². The minimum atomic E-state index is -0.606. The molecule has 2 N–H and O–H groups in total. The molecule has 1 fully saturated rings. The van der Waals surface area contributed by atoms with Gasteiger partial charge in [0.15, 0.2) is 0 Å². The van der Waals surface area contributed by atoms with E-state index in [0.717, 1.165) is 5.56 Å². The molecule has 0 radical (unpaired) electrons. The van der Waals surface area contributed by atoms with Crippen molar-refractivity contribution >= 4 is 18.0 Å². The molecule has 0 saturated carbocycles. The van der Waals surface area contributed by atoms with E-state index >= 15 is 0 Å². The number of esters is 1. The molecule has 204 valence electrons. The van der Waals surface area contributed by atoms with Crippen LogP contribution in [-0.2, 0) is 14.9 Å². The number of benzene rings is 1. The monoisotopic (exact) mass is 513 g/mol. The molecule has 2 heterocycles. The summed E-state index contributed by atoms with van der Waals surface area (Å²) < 4.78 is 5.45. The van der Waals surface area contributed by atoms with Gasteiger partial charge in [0.05, 0.1) is 18.2 Å². The predicted molar refractivity (Wildman–Crippen MR) is 144 cm³/mol. The Labute approximate surface area is 221 Å². The van der Waals surface area contributed by atoms with Crippen LogP contribution in [-0.4, -0.2) is 84.6 Å². The molecule has 3 rings (SSSR count). The van der Waals surface area contributed by atoms with Gasteiger partial charge in [0.2, 0.25) is 0 Å². The van der Waals surface area contributed by atoms with Gasteiger partial charge in [-0.3, -0.25) is 9.80 Å². The highest BCUT2D eigenvalue weighted by Crippen LogP contribution is 2.33. The molecule has 0 unspecified atom stereocenters. The standard InChI is InChI=1S/C28H43N5O4/c1-9-37-24(34)22-21(18-32-14-16-33(17-15-32)26(36)30-28(5,6)7)31(8)25(35)29-23(22)19-10-12-20(13-11-19)27(2,3)4/h10-13,23H,9,14-18H2,1-8H3,(H,29,35)(H,30,36)/t23-/m0/s1. The fourth-order valence-electron chi connectivity index (χ4n) is 4.54. The van der Waals surface area contributed by atoms with Crippen LogP contribution in [0.3, 0.4) is 0 Å². The molecule has 9 heteroatoms. The number of hydrogen-bond donors (Lipinski definition) is 2. The van der Waals surface area contributed by atoms with Gasteiger partial charge in [-0.2, -0.15) is 0 Å². The third kappa shape index (κ3) is 7.03. The number of nitrogens with one attached hydrogen (secondary N) is 2. The van der Waals surface area contributed by atoms with Crippen molar-refractivity contribution in [2.24, 2.45) is 0 Å². The van der Waals surface area contributed by atoms with E-state index in [1.807, 2.05) is 45.0 Å². The van der Waals surface area contributed by atoms with Gasteiger partial charge in [-0.25, -0.2) is 14.4 Å². The lowest BCUT2D eigenvalue weighted by Gasteiger charge is -2.40. The van der Waals surface area contributed by atoms with Crippen molar-refractivity contribution < 1.29 is 19.1 Å². The van der Waals surface area contributed by atoms with Crippen molar-refractivity contribution in [1.82, 2.24) is 25.3 Å². The van der Waals surface area contributed by atoms with Crippen molar-refractivity contribution in [2.45, 2.75) is 65.5 Å². The van der Waals surface area contributed by atoms with Crippen molar-refractivity contribution in [1.29, 1.82) is 0 Å². The summed E-state index contributed by atoms with van der Waals surface area (Å²) in [4.78, 5) is 44.3. The minimum Gasteiger partial charge on any atom is -0.463 e. The second-order valence-electron chi connectivity index (χ2n) is 11.8. The molecule has 0 spiro atoms. The lowest BCUT2D eigenvalue weighted by atomic mass is 9.85. The molecular weight excluding hydrogens is 470 g/mol. The Balaban J connectivity index is 1.87. The Morgan fingerprint density at radius 2 is 1.62 bits per heavy atom. The van der Waals surface area contributed by atoms with Crippen molar-refractivity contribution in [2.75, 3.05) is 46.4 Å². The quantitative estimate of drug-likeness (QED) is 0.587. The molecule has 9 nitrogen and oxygen atoms in total. The molecule has 2 aliphatic heterocycles. The Kier molecular flexibility index (Phi) is 8.57. The van der Waals surface area contributed by atoms with Gasteiger partial charge in [-0.1, -0.05) is 45.0 Å². The topological polar surface area (TPSA) is 94.2 Å². The number of carbonyl (C=O) groups excluding carboxylic acids is 3. The molecule has 37 heavy (non-hydrogen) atoms. The molecule has 1 aromatic rings. The second-order valence-corrected chi connectivity index (χ2v) is 11.8. The SMILES string of the molecule is CCOC(=O)C1=C(CN2CCN(C(=O)NC(C)(C)C)CC2)N(C)C(=O)N[C@H]1c1ccc(C(C)(C)C)cc1. The van der Waals surface area contributed by atoms with Gasteiger partial charge in [0, 0.05) is 51.0 Å². The first-order chi connectivity index (χ1) is 17.2. The highest BCUT2D eigenvalue weighted by molar-refractivity contribution is 5.95. The maximum Gasteiger partial charge on any atom is 0.338 e. The highest BCUT2D eigenvalue weighted by Gasteiger charge is 2.38. The van der Waals surface area contributed by atoms with Crippen molar-refractivity contribution in [3.05, 3.63) is 46.7 Å². The van der Waals surface area contributed by atoms with E-state index in [0.29, 0.717) is 44.0 Å². The molecule has 1 aromatic carbocycles. The van der Waals surface area contributed by atoms with Crippen LogP contribution < -0.4 is 10.6 Å². The average Bonchev–Trinajstić information content (AvgIpc) is 2.81. The number of amides is 4. The Morgan fingerprint density at radius 3 is 2.14 bits per heavy atom. The van der Waals surface area contributed by atoms with E-state index in [4.69, 9.17) is 4.74 Å². The van der Waals surface area contributed by atoms with E-state index in [1.54, 1.807) is 18.9 Å². The zero-order valence-electron chi connectivity index (χ0n) is 23.6. The summed E-state index contributed by atoms with van der Waals surface area (Å²) >= 11 is 0. The Bertz CT molecular complexity index is 1030. The summed E-state index contributed by atoms with van der Waals surface area (Å²) in [6.45, 7) is 17.1. The van der Waals surface area contributed by atoms with E-state index in [2.05, 4.69) is 36.3 Å². The number of piperazine rings is 1. The van der Waals surface area contributed by atoms with Gasteiger partial charge in [0.25, 0.3) is 0 Å². The molecule has 0 aliphatic carbocycles. The summed E-state index contributed by atoms with van der Waals surface area (Å²) in [5, 5.41) is 6.00. The van der Waals surface area contributed by atoms with Gasteiger partial charge < -0.3 is 20.3 Å². The molecule has 0 aromatic heterocycles. The van der Waals surface area contributed by atoms with E-state index in [-0.39, 0.29) is 29.6 Å². The summed E-state index contributed by atoms with van der Waals surface area (Å²) in [5.41, 5.74) is 2.77. The largest absolute Gasteiger partial charge is 0.463 e. The zero-order chi connectivity index (χ0) is 27.5. The number of nitrogens with zero attached hydrogens (tertiary/aromatic N) is 3. The second kappa shape index (κ2) is 11.1. The number of urea groups is 2. The average molecular weight is 514 g/mol. The fourth-order valence-corrected chi connectivity index (χ4v) is 4.54. The number of ether oxygens (including phenoxy) is 1. The lowest BCUT2D eigenvalue weighted by Crippen LogP contribution is -2.56. The van der Waals surface area contributed by atoms with Crippen molar-refractivity contribution in [3.63, 3.8) is 0 Å². The van der Waals surface area contributed by atoms with Gasteiger partial charge in [-0.15, -0.1) is 0 Å².